The summed E-state index contributed by atoms with van der Waals surface area (Å²) in [5, 5.41) is 2.97. The molecule has 4 aliphatic rings. The Hall–Kier alpha value is -8.76. The first-order valence-electron chi connectivity index (χ1n) is 38.2. The van der Waals surface area contributed by atoms with Crippen LogP contribution in [0.25, 0.3) is 31.8 Å². The molecule has 0 radical (unpaired) electrons. The molecule has 0 saturated carbocycles. The summed E-state index contributed by atoms with van der Waals surface area (Å²) in [6.45, 7) is 47.2. The number of rotatable bonds is 18. The van der Waals surface area contributed by atoms with Crippen molar-refractivity contribution < 1.29 is 74.1 Å². The number of aromatic nitrogens is 6. The summed E-state index contributed by atoms with van der Waals surface area (Å²) >= 11 is 5.32. The Bertz CT molecular complexity index is 4900. The first-order valence-corrected chi connectivity index (χ1v) is 37.9. The number of alkyl halides is 1. The van der Waals surface area contributed by atoms with Crippen molar-refractivity contribution in [3.05, 3.63) is 220 Å². The molecule has 5 N–H and O–H groups in total. The molecule has 4 saturated heterocycles. The number of hydrogen-bond donors (Lipinski definition) is 4. The molecule has 584 valence electrons. The predicted octanol–water partition coefficient (Wildman–Crippen LogP) is 12.5. The molecule has 0 spiro atoms. The largest absolute Gasteiger partial charge is 1.00 e. The summed E-state index contributed by atoms with van der Waals surface area (Å²) in [7, 11) is -1.00. The Labute approximate surface area is 674 Å². The Morgan fingerprint density at radius 3 is 1.36 bits per heavy atom. The van der Waals surface area contributed by atoms with E-state index in [1.54, 1.807) is 0 Å². The molecule has 0 unspecified atom stereocenters. The maximum absolute atomic E-state index is 13.3. The van der Waals surface area contributed by atoms with Gasteiger partial charge in [0.2, 0.25) is 0 Å². The maximum atomic E-state index is 13.3. The first kappa shape index (κ1) is 86.8. The number of aromatic amines is 2. The molecule has 14 heterocycles. The van der Waals surface area contributed by atoms with Crippen LogP contribution in [0, 0.1) is 74.5 Å². The number of H-pyrrole nitrogens is 2. The molecular weight excluding hydrogens is 1430 g/mol. The Kier molecular flexibility index (Phi) is 34.1. The van der Waals surface area contributed by atoms with Gasteiger partial charge in [-0.1, -0.05) is 0 Å². The SMILES string of the molecule is CCN(c1c(C)c(C(=O)NCc2c(C)cc(C)[nH]c2=O)cc2cccn12)C1CCOCC1.CCN(c1c(C)c(OC=O)cc2cccn12)C1CCOCC1.Cc1cc(C)c(CNCl)c(=O)[nH]1.[2H]CF.[C-]#[N+]c1cc2cccn2c(CC2CCOCC2)c1C.[C-]#[N+]c1cc2cccn2c(N(CC)C2CCOCC2)c1C.[Na+].[OH-]. The molecule has 23 nitrogen and oxygen atoms in total. The fraction of sp³-hybridized carbons (Fsp3) is 0.452. The molecule has 0 aromatic carbocycles. The number of anilines is 3. The van der Waals surface area contributed by atoms with Gasteiger partial charge in [-0.2, -0.15) is 0 Å². The monoisotopic (exact) mass is 1540 g/mol. The van der Waals surface area contributed by atoms with Crippen molar-refractivity contribution in [2.24, 2.45) is 5.92 Å². The third-order valence-electron chi connectivity index (χ3n) is 21.1. The second-order valence-corrected chi connectivity index (χ2v) is 28.0. The zero-order valence-corrected chi connectivity index (χ0v) is 68.7. The van der Waals surface area contributed by atoms with Crippen molar-refractivity contribution in [2.75, 3.05) is 94.3 Å². The topological polar surface area (TPSA) is 236 Å². The fourth-order valence-electron chi connectivity index (χ4n) is 15.5. The Balaban J connectivity index is 0.000000195. The van der Waals surface area contributed by atoms with Crippen molar-refractivity contribution >= 4 is 75.1 Å². The minimum absolute atomic E-state index is 0. The zero-order chi connectivity index (χ0) is 78.3. The number of nitrogens with zero attached hydrogens (tertiary/aromatic N) is 9. The van der Waals surface area contributed by atoms with Crippen molar-refractivity contribution in [3.8, 4) is 5.75 Å². The molecule has 10 aromatic rings. The van der Waals surface area contributed by atoms with E-state index in [4.69, 9.17) is 50.0 Å². The van der Waals surface area contributed by atoms with Crippen LogP contribution in [0.3, 0.4) is 0 Å². The molecule has 26 heteroatoms. The molecule has 14 rings (SSSR count). The number of amides is 1. The van der Waals surface area contributed by atoms with E-state index < -0.39 is 7.15 Å². The van der Waals surface area contributed by atoms with Crippen LogP contribution in [0.15, 0.2) is 119 Å². The molecule has 10 aromatic heterocycles. The molecule has 0 bridgehead atoms. The van der Waals surface area contributed by atoms with Crippen molar-refractivity contribution in [2.45, 2.75) is 165 Å². The van der Waals surface area contributed by atoms with E-state index in [1.165, 1.54) is 5.69 Å². The second-order valence-electron chi connectivity index (χ2n) is 27.7. The van der Waals surface area contributed by atoms with Crippen LogP contribution >= 0.6 is 11.8 Å². The smallest absolute Gasteiger partial charge is 0.870 e. The van der Waals surface area contributed by atoms with Gasteiger partial charge in [-0.05, 0) is 253 Å². The predicted molar refractivity (Wildman–Crippen MR) is 431 cm³/mol. The number of hydrogen-bond acceptors (Lipinski definition) is 14. The van der Waals surface area contributed by atoms with Gasteiger partial charge in [0.1, 0.15) is 23.2 Å². The molecule has 4 aliphatic heterocycles. The van der Waals surface area contributed by atoms with Gasteiger partial charge in [-0.3, -0.25) is 23.6 Å². The van der Waals surface area contributed by atoms with Crippen LogP contribution in [0.4, 0.5) is 33.2 Å². The van der Waals surface area contributed by atoms with Gasteiger partial charge in [0, 0.05) is 196 Å². The number of ether oxygens (including phenoxy) is 5. The van der Waals surface area contributed by atoms with Gasteiger partial charge in [-0.15, -0.1) is 0 Å². The number of halogens is 2. The van der Waals surface area contributed by atoms with Crippen LogP contribution in [0.5, 0.6) is 5.75 Å². The summed E-state index contributed by atoms with van der Waals surface area (Å²) < 4.78 is 51.5. The Morgan fingerprint density at radius 2 is 0.955 bits per heavy atom. The number of carbonyl (C=O) groups excluding carboxylic acids is 2. The molecule has 0 atom stereocenters. The Morgan fingerprint density at radius 1 is 0.582 bits per heavy atom. The second kappa shape index (κ2) is 43.2. The van der Waals surface area contributed by atoms with E-state index in [-0.39, 0.29) is 58.6 Å². The summed E-state index contributed by atoms with van der Waals surface area (Å²) in [6.07, 6.45) is 17.7. The molecule has 110 heavy (non-hydrogen) atoms. The fourth-order valence-corrected chi connectivity index (χ4v) is 15.7. The summed E-state index contributed by atoms with van der Waals surface area (Å²) in [4.78, 5) is 70.3. The van der Waals surface area contributed by atoms with E-state index in [2.05, 4.69) is 140 Å². The standard InChI is InChI=1S/C25H32N4O3.C17H21N3O.C17H22N2O3.C16H18N2O.C8H11ClN2O.CH3F.Na.H2O/c1-5-28(19-8-11-32-12-9-19)25-18(4)21(14-20-7-6-10-29(20)25)23(30)26-15-22-16(2)13-17(3)27-24(22)31;1-4-19(14-7-10-21-11-8-14)17-13(2)16(18-3)12-15-6-5-9-20(15)17;1-3-18(14-6-9-21-10-7-14)17-13(2)16(22-12-20)11-15-5-4-8-19(15)17;1-12-15(17-2)11-14-4-3-7-18(14)16(12)10-13-5-8-19-9-6-13;1-5-3-6(2)11-8(12)7(5)4-10-9;1-2;;/h6-7,10,13-14,19H,5,8-9,11-12,15H2,1-4H3,(H,26,30)(H,27,31);5-6,9,12,14H,4,7-8,10-11H2,1-2H3;4-5,8,11-12,14H,3,6-7,9-10H2,1-2H3;3-4,7,11,13H,5-6,8-10H2,1H3;3,10H,4H2,1-2H3,(H,11,12);1H3;;1H2/q;;;;;;+1;/p-1/i;;;;;1D;;. The number of pyridine rings is 6. The van der Waals surface area contributed by atoms with E-state index in [0.29, 0.717) is 59.5 Å². The van der Waals surface area contributed by atoms with Gasteiger partial charge in [0.25, 0.3) is 23.5 Å². The first-order chi connectivity index (χ1) is 52.8. The van der Waals surface area contributed by atoms with Crippen molar-refractivity contribution in [3.63, 3.8) is 0 Å². The third kappa shape index (κ3) is 21.3. The number of aryl methyl sites for hydroxylation is 4. The number of fused-ring (bicyclic) bond motifs is 4. The molecule has 4 fully saturated rings. The summed E-state index contributed by atoms with van der Waals surface area (Å²) in [5.41, 5.74) is 16.4. The summed E-state index contributed by atoms with van der Waals surface area (Å²) in [6, 6.07) is 29.3. The average Bonchev–Trinajstić information content (AvgIpc) is 1.41. The van der Waals surface area contributed by atoms with Gasteiger partial charge >= 0.3 is 29.6 Å². The molecule has 1 amide bonds. The van der Waals surface area contributed by atoms with Crippen LogP contribution in [0.1, 0.15) is 145 Å². The zero-order valence-electron chi connectivity index (χ0n) is 66.9. The van der Waals surface area contributed by atoms with E-state index in [1.807, 2.05) is 108 Å². The van der Waals surface area contributed by atoms with Gasteiger partial charge in [0.15, 0.2) is 11.4 Å². The average molecular weight is 1540 g/mol. The van der Waals surface area contributed by atoms with E-state index in [9.17, 15) is 23.6 Å². The van der Waals surface area contributed by atoms with Crippen molar-refractivity contribution in [1.29, 1.82) is 0 Å². The minimum Gasteiger partial charge on any atom is -0.870 e. The normalized spacial score (nSPS) is 14.7. The number of nitrogens with one attached hydrogen (secondary N) is 4. The van der Waals surface area contributed by atoms with Gasteiger partial charge < -0.3 is 76.7 Å². The minimum atomic E-state index is -1.00. The van der Waals surface area contributed by atoms with Crippen LogP contribution < -0.4 is 70.3 Å². The van der Waals surface area contributed by atoms with Crippen molar-refractivity contribution in [1.82, 2.24) is 37.7 Å². The molecule has 0 aliphatic carbocycles. The van der Waals surface area contributed by atoms with Gasteiger partial charge in [-0.25, -0.2) is 14.5 Å². The van der Waals surface area contributed by atoms with Crippen LogP contribution in [0.2, 0.25) is 0 Å². The van der Waals surface area contributed by atoms with Crippen LogP contribution in [-0.2, 0) is 43.3 Å². The molecular formula is C84H108ClFN13NaO10. The van der Waals surface area contributed by atoms with Gasteiger partial charge in [0.05, 0.1) is 27.2 Å². The third-order valence-corrected chi connectivity index (χ3v) is 21.2. The van der Waals surface area contributed by atoms with Crippen LogP contribution in [-0.4, -0.2) is 143 Å². The summed E-state index contributed by atoms with van der Waals surface area (Å²) in [5.74, 6) is 4.46. The number of carbonyl (C=O) groups is 2. The van der Waals surface area contributed by atoms with E-state index >= 15 is 0 Å². The van der Waals surface area contributed by atoms with E-state index in [0.717, 1.165) is 226 Å². The quantitative estimate of drug-likeness (QED) is 0.0271. The maximum Gasteiger partial charge on any atom is 1.00 e.